The van der Waals surface area contributed by atoms with Crippen LogP contribution in [0.1, 0.15) is 11.1 Å². The minimum Gasteiger partial charge on any atom is -0.337 e. The van der Waals surface area contributed by atoms with Gasteiger partial charge < -0.3 is 10.7 Å². The number of amides is 1. The average Bonchev–Trinajstić information content (AvgIpc) is 3.07. The van der Waals surface area contributed by atoms with Gasteiger partial charge in [-0.2, -0.15) is 0 Å². The first kappa shape index (κ1) is 19.1. The van der Waals surface area contributed by atoms with Crippen molar-refractivity contribution in [2.75, 3.05) is 18.1 Å². The molecule has 28 heavy (non-hydrogen) atoms. The van der Waals surface area contributed by atoms with Gasteiger partial charge in [-0.25, -0.2) is 4.68 Å². The van der Waals surface area contributed by atoms with Crippen LogP contribution in [0, 0.1) is 0 Å². The molecule has 0 radical (unpaired) electrons. The first-order chi connectivity index (χ1) is 13.5. The third kappa shape index (κ3) is 3.83. The van der Waals surface area contributed by atoms with Crippen LogP contribution in [0.4, 0.5) is 0 Å². The number of halogens is 2. The third-order valence-electron chi connectivity index (χ3n) is 4.64. The molecule has 0 saturated heterocycles. The Labute approximate surface area is 176 Å². The van der Waals surface area contributed by atoms with Crippen molar-refractivity contribution in [1.29, 1.82) is 0 Å². The maximum absolute atomic E-state index is 12.6. The molecular weight excluding hydrogens is 417 g/mol. The van der Waals surface area contributed by atoms with Gasteiger partial charge in [0, 0.05) is 23.7 Å². The number of carbonyl (C=O) groups excluding carboxylic acids is 1. The second-order valence-corrected chi connectivity index (χ2v) is 8.21. The molecule has 1 aliphatic rings. The van der Waals surface area contributed by atoms with E-state index in [0.717, 1.165) is 13.0 Å². The molecule has 9 heteroatoms. The topological polar surface area (TPSA) is 77.0 Å². The summed E-state index contributed by atoms with van der Waals surface area (Å²) in [4.78, 5) is 14.5. The zero-order chi connectivity index (χ0) is 19.7. The van der Waals surface area contributed by atoms with Crippen LogP contribution in [-0.2, 0) is 17.8 Å². The largest absolute Gasteiger partial charge is 0.337 e. The monoisotopic (exact) mass is 433 g/mol. The molecule has 2 N–H and O–H groups in total. The number of hydrogen-bond donors (Lipinski definition) is 1. The summed E-state index contributed by atoms with van der Waals surface area (Å²) < 4.78 is 1.33. The van der Waals surface area contributed by atoms with Crippen molar-refractivity contribution in [3.05, 3.63) is 63.6 Å². The van der Waals surface area contributed by atoms with E-state index < -0.39 is 0 Å². The van der Waals surface area contributed by atoms with Gasteiger partial charge >= 0.3 is 0 Å². The fourth-order valence-electron chi connectivity index (χ4n) is 3.15. The Bertz CT molecular complexity index is 1040. The Balaban J connectivity index is 1.44. The fourth-order valence-corrected chi connectivity index (χ4v) is 4.29. The first-order valence-electron chi connectivity index (χ1n) is 8.66. The van der Waals surface area contributed by atoms with Crippen LogP contribution < -0.4 is 5.84 Å². The predicted octanol–water partition coefficient (Wildman–Crippen LogP) is 3.64. The second-order valence-electron chi connectivity index (χ2n) is 6.42. The summed E-state index contributed by atoms with van der Waals surface area (Å²) in [6.45, 7) is 1.35. The fraction of sp³-hybridized carbons (Fsp3) is 0.211. The Morgan fingerprint density at radius 3 is 2.75 bits per heavy atom. The Kier molecular flexibility index (Phi) is 5.48. The van der Waals surface area contributed by atoms with Crippen LogP contribution >= 0.6 is 35.0 Å². The summed E-state index contributed by atoms with van der Waals surface area (Å²) in [5.41, 5.74) is 3.10. The predicted molar refractivity (Wildman–Crippen MR) is 112 cm³/mol. The zero-order valence-corrected chi connectivity index (χ0v) is 17.1. The van der Waals surface area contributed by atoms with E-state index in [1.807, 2.05) is 17.0 Å². The highest BCUT2D eigenvalue weighted by Crippen LogP contribution is 2.30. The lowest BCUT2D eigenvalue weighted by molar-refractivity contribution is -0.129. The number of rotatable bonds is 4. The van der Waals surface area contributed by atoms with E-state index in [1.165, 1.54) is 27.6 Å². The van der Waals surface area contributed by atoms with Gasteiger partial charge in [0.2, 0.25) is 11.1 Å². The summed E-state index contributed by atoms with van der Waals surface area (Å²) in [5.74, 6) is 6.81. The average molecular weight is 434 g/mol. The first-order valence-corrected chi connectivity index (χ1v) is 10.4. The summed E-state index contributed by atoms with van der Waals surface area (Å²) in [7, 11) is 0. The molecule has 0 bridgehead atoms. The standard InChI is InChI=1S/C19H17Cl2N5OS/c20-14-5-6-16(21)15(9-14)18-23-24-19(26(18)22)28-11-17(27)25-8-7-12-3-1-2-4-13(12)10-25/h1-6,9H,7-8,10-11,22H2. The molecule has 2 heterocycles. The number of carbonyl (C=O) groups is 1. The molecule has 2 aromatic carbocycles. The minimum absolute atomic E-state index is 0.0461. The van der Waals surface area contributed by atoms with Crippen molar-refractivity contribution in [3.8, 4) is 11.4 Å². The van der Waals surface area contributed by atoms with E-state index >= 15 is 0 Å². The van der Waals surface area contributed by atoms with E-state index in [2.05, 4.69) is 22.3 Å². The molecule has 0 spiro atoms. The van der Waals surface area contributed by atoms with E-state index in [9.17, 15) is 4.79 Å². The summed E-state index contributed by atoms with van der Waals surface area (Å²) >= 11 is 13.5. The van der Waals surface area contributed by atoms with Crippen molar-refractivity contribution < 1.29 is 4.79 Å². The van der Waals surface area contributed by atoms with Gasteiger partial charge in [0.05, 0.1) is 10.8 Å². The van der Waals surface area contributed by atoms with Gasteiger partial charge in [-0.15, -0.1) is 10.2 Å². The van der Waals surface area contributed by atoms with Gasteiger partial charge in [0.15, 0.2) is 5.82 Å². The van der Waals surface area contributed by atoms with E-state index in [-0.39, 0.29) is 11.7 Å². The molecule has 4 rings (SSSR count). The van der Waals surface area contributed by atoms with Gasteiger partial charge in [-0.1, -0.05) is 59.2 Å². The lowest BCUT2D eigenvalue weighted by atomic mass is 10.00. The summed E-state index contributed by atoms with van der Waals surface area (Å²) in [5, 5.41) is 9.64. The maximum Gasteiger partial charge on any atom is 0.233 e. The molecule has 0 aliphatic carbocycles. The van der Waals surface area contributed by atoms with Crippen molar-refractivity contribution >= 4 is 40.9 Å². The number of aromatic nitrogens is 3. The Morgan fingerprint density at radius 1 is 1.14 bits per heavy atom. The van der Waals surface area contributed by atoms with Crippen molar-refractivity contribution in [3.63, 3.8) is 0 Å². The second kappa shape index (κ2) is 8.03. The molecule has 0 fully saturated rings. The molecule has 1 amide bonds. The lowest BCUT2D eigenvalue weighted by Crippen LogP contribution is -2.37. The van der Waals surface area contributed by atoms with Crippen LogP contribution in [0.5, 0.6) is 0 Å². The maximum atomic E-state index is 12.6. The number of nitrogen functional groups attached to an aromatic ring is 1. The van der Waals surface area contributed by atoms with E-state index in [4.69, 9.17) is 29.0 Å². The molecule has 6 nitrogen and oxygen atoms in total. The molecule has 3 aromatic rings. The molecular formula is C19H17Cl2N5OS. The smallest absolute Gasteiger partial charge is 0.233 e. The summed E-state index contributed by atoms with van der Waals surface area (Å²) in [6.07, 6.45) is 0.872. The highest BCUT2D eigenvalue weighted by atomic mass is 35.5. The van der Waals surface area contributed by atoms with Gasteiger partial charge in [-0.05, 0) is 35.7 Å². The summed E-state index contributed by atoms with van der Waals surface area (Å²) in [6, 6.07) is 13.3. The Hall–Kier alpha value is -2.22. The van der Waals surface area contributed by atoms with Crippen molar-refractivity contribution in [2.45, 2.75) is 18.1 Å². The zero-order valence-electron chi connectivity index (χ0n) is 14.8. The van der Waals surface area contributed by atoms with E-state index in [1.54, 1.807) is 18.2 Å². The number of fused-ring (bicyclic) bond motifs is 1. The van der Waals surface area contributed by atoms with Crippen molar-refractivity contribution in [1.82, 2.24) is 19.8 Å². The number of hydrogen-bond acceptors (Lipinski definition) is 5. The van der Waals surface area contributed by atoms with Gasteiger partial charge in [0.1, 0.15) is 0 Å². The molecule has 0 unspecified atom stereocenters. The van der Waals surface area contributed by atoms with Gasteiger partial charge in [0.25, 0.3) is 0 Å². The quantitative estimate of drug-likeness (QED) is 0.501. The molecule has 1 aliphatic heterocycles. The van der Waals surface area contributed by atoms with Gasteiger partial charge in [-0.3, -0.25) is 4.79 Å². The van der Waals surface area contributed by atoms with Crippen molar-refractivity contribution in [2.24, 2.45) is 0 Å². The number of nitrogens with zero attached hydrogens (tertiary/aromatic N) is 4. The van der Waals surface area contributed by atoms with Crippen LogP contribution in [0.15, 0.2) is 47.6 Å². The van der Waals surface area contributed by atoms with Crippen LogP contribution in [0.25, 0.3) is 11.4 Å². The Morgan fingerprint density at radius 2 is 1.93 bits per heavy atom. The molecule has 0 saturated carbocycles. The lowest BCUT2D eigenvalue weighted by Gasteiger charge is -2.28. The normalized spacial score (nSPS) is 13.4. The highest BCUT2D eigenvalue weighted by Gasteiger charge is 2.22. The molecule has 1 aromatic heterocycles. The number of benzene rings is 2. The molecule has 0 atom stereocenters. The number of nitrogens with two attached hydrogens (primary N) is 1. The molecule has 144 valence electrons. The van der Waals surface area contributed by atoms with Crippen LogP contribution in [-0.4, -0.2) is 38.0 Å². The van der Waals surface area contributed by atoms with Crippen LogP contribution in [0.2, 0.25) is 10.0 Å². The number of thioether (sulfide) groups is 1. The van der Waals surface area contributed by atoms with Crippen LogP contribution in [0.3, 0.4) is 0 Å². The highest BCUT2D eigenvalue weighted by molar-refractivity contribution is 7.99. The SMILES string of the molecule is Nn1c(SCC(=O)N2CCc3ccccc3C2)nnc1-c1cc(Cl)ccc1Cl. The van der Waals surface area contributed by atoms with E-state index in [0.29, 0.717) is 33.1 Å². The minimum atomic E-state index is 0.0461. The third-order valence-corrected chi connectivity index (χ3v) is 6.13.